The third-order valence-corrected chi connectivity index (χ3v) is 3.99. The van der Waals surface area contributed by atoms with E-state index in [2.05, 4.69) is 6.92 Å². The van der Waals surface area contributed by atoms with E-state index >= 15 is 0 Å². The van der Waals surface area contributed by atoms with Gasteiger partial charge in [0, 0.05) is 23.2 Å². The lowest BCUT2D eigenvalue weighted by Crippen LogP contribution is -2.11. The number of hydrogen-bond acceptors (Lipinski definition) is 3. The van der Waals surface area contributed by atoms with Crippen LogP contribution in [0.3, 0.4) is 0 Å². The Morgan fingerprint density at radius 1 is 1.53 bits per heavy atom. The van der Waals surface area contributed by atoms with Crippen molar-refractivity contribution in [2.45, 2.75) is 31.3 Å². The summed E-state index contributed by atoms with van der Waals surface area (Å²) in [6.45, 7) is 4.41. The smallest absolute Gasteiger partial charge is 0.122 e. The van der Waals surface area contributed by atoms with Crippen molar-refractivity contribution in [1.29, 1.82) is 5.41 Å². The summed E-state index contributed by atoms with van der Waals surface area (Å²) in [5.41, 5.74) is 8.66. The van der Waals surface area contributed by atoms with Gasteiger partial charge in [-0.1, -0.05) is 19.1 Å². The molecule has 1 unspecified atom stereocenters. The van der Waals surface area contributed by atoms with Gasteiger partial charge in [0.05, 0.1) is 0 Å². The Bertz CT molecular complexity index is 393. The highest BCUT2D eigenvalue weighted by molar-refractivity contribution is 7.99. The van der Waals surface area contributed by atoms with Crippen molar-refractivity contribution in [3.05, 3.63) is 34.9 Å². The number of nitrogens with one attached hydrogen (secondary N) is 1. The Balaban J connectivity index is 2.63. The summed E-state index contributed by atoms with van der Waals surface area (Å²) in [7, 11) is 0. The molecule has 17 heavy (non-hydrogen) atoms. The first-order valence-electron chi connectivity index (χ1n) is 5.71. The molecule has 0 radical (unpaired) electrons. The van der Waals surface area contributed by atoms with Crippen molar-refractivity contribution in [3.63, 3.8) is 0 Å². The van der Waals surface area contributed by atoms with Crippen LogP contribution >= 0.6 is 11.8 Å². The van der Waals surface area contributed by atoms with Crippen molar-refractivity contribution >= 4 is 17.6 Å². The lowest BCUT2D eigenvalue weighted by atomic mass is 10.1. The Kier molecular flexibility index (Phi) is 5.51. The molecule has 3 nitrogen and oxygen atoms in total. The van der Waals surface area contributed by atoms with Gasteiger partial charge in [-0.25, -0.2) is 0 Å². The molecule has 4 N–H and O–H groups in total. The van der Waals surface area contributed by atoms with Gasteiger partial charge in [-0.3, -0.25) is 5.41 Å². The van der Waals surface area contributed by atoms with E-state index in [9.17, 15) is 0 Å². The molecule has 0 aromatic heterocycles. The number of nitrogen functional groups attached to an aromatic ring is 1. The second-order valence-electron chi connectivity index (χ2n) is 4.19. The molecular weight excluding hydrogens is 232 g/mol. The van der Waals surface area contributed by atoms with E-state index in [1.54, 1.807) is 0 Å². The van der Waals surface area contributed by atoms with E-state index in [1.807, 2.05) is 36.9 Å². The largest absolute Gasteiger partial charge is 0.396 e. The standard InChI is InChI=1S/C13H20N2OS/c1-9-7-11(13(14)15)3-4-12(9)8-17-10(2)5-6-16/h3-4,7,10,16H,5-6,8H2,1-2H3,(H3,14,15). The molecule has 1 rings (SSSR count). The molecule has 0 aliphatic carbocycles. The number of aliphatic hydroxyl groups is 1. The van der Waals surface area contributed by atoms with Crippen LogP contribution in [-0.4, -0.2) is 22.8 Å². The van der Waals surface area contributed by atoms with Crippen LogP contribution in [0.15, 0.2) is 18.2 Å². The van der Waals surface area contributed by atoms with Crippen LogP contribution in [-0.2, 0) is 5.75 Å². The first-order chi connectivity index (χ1) is 8.04. The average molecular weight is 252 g/mol. The summed E-state index contributed by atoms with van der Waals surface area (Å²) in [4.78, 5) is 0. The van der Waals surface area contributed by atoms with E-state index in [1.165, 1.54) is 11.1 Å². The first kappa shape index (κ1) is 14.1. The molecule has 1 aromatic rings. The summed E-state index contributed by atoms with van der Waals surface area (Å²) in [5.74, 6) is 1.05. The number of thioether (sulfide) groups is 1. The minimum atomic E-state index is 0.112. The minimum absolute atomic E-state index is 0.112. The van der Waals surface area contributed by atoms with Crippen LogP contribution < -0.4 is 5.73 Å². The maximum atomic E-state index is 8.84. The summed E-state index contributed by atoms with van der Waals surface area (Å²) >= 11 is 1.84. The topological polar surface area (TPSA) is 70.1 Å². The van der Waals surface area contributed by atoms with Crippen molar-refractivity contribution in [1.82, 2.24) is 0 Å². The van der Waals surface area contributed by atoms with Crippen molar-refractivity contribution < 1.29 is 5.11 Å². The normalized spacial score (nSPS) is 12.4. The van der Waals surface area contributed by atoms with Crippen LogP contribution in [0.2, 0.25) is 0 Å². The first-order valence-corrected chi connectivity index (χ1v) is 6.76. The molecule has 0 saturated heterocycles. The second kappa shape index (κ2) is 6.67. The Morgan fingerprint density at radius 3 is 2.76 bits per heavy atom. The van der Waals surface area contributed by atoms with Crippen LogP contribution in [0.4, 0.5) is 0 Å². The van der Waals surface area contributed by atoms with Gasteiger partial charge in [-0.15, -0.1) is 0 Å². The van der Waals surface area contributed by atoms with E-state index in [-0.39, 0.29) is 12.4 Å². The lowest BCUT2D eigenvalue weighted by Gasteiger charge is -2.11. The van der Waals surface area contributed by atoms with Crippen LogP contribution in [0, 0.1) is 12.3 Å². The molecule has 0 amide bonds. The Labute approximate surface area is 107 Å². The third-order valence-electron chi connectivity index (χ3n) is 2.71. The molecule has 94 valence electrons. The van der Waals surface area contributed by atoms with Crippen molar-refractivity contribution in [2.75, 3.05) is 6.61 Å². The van der Waals surface area contributed by atoms with Crippen molar-refractivity contribution in [2.24, 2.45) is 5.73 Å². The number of amidine groups is 1. The van der Waals surface area contributed by atoms with E-state index in [0.29, 0.717) is 5.25 Å². The van der Waals surface area contributed by atoms with E-state index in [0.717, 1.165) is 17.7 Å². The fourth-order valence-electron chi connectivity index (χ4n) is 1.52. The van der Waals surface area contributed by atoms with Gasteiger partial charge in [-0.05, 0) is 30.5 Å². The number of hydrogen-bond donors (Lipinski definition) is 3. The zero-order chi connectivity index (χ0) is 12.8. The van der Waals surface area contributed by atoms with Crippen LogP contribution in [0.5, 0.6) is 0 Å². The van der Waals surface area contributed by atoms with E-state index in [4.69, 9.17) is 16.2 Å². The maximum absolute atomic E-state index is 8.84. The van der Waals surface area contributed by atoms with E-state index < -0.39 is 0 Å². The predicted molar refractivity (Wildman–Crippen MR) is 74.7 cm³/mol. The molecule has 0 fully saturated rings. The molecular formula is C13H20N2OS. The molecule has 0 bridgehead atoms. The molecule has 0 spiro atoms. The lowest BCUT2D eigenvalue weighted by molar-refractivity contribution is 0.289. The molecule has 0 aliphatic heterocycles. The number of rotatable bonds is 6. The Morgan fingerprint density at radius 2 is 2.24 bits per heavy atom. The highest BCUT2D eigenvalue weighted by atomic mass is 32.2. The monoisotopic (exact) mass is 252 g/mol. The summed E-state index contributed by atoms with van der Waals surface area (Å²) in [6, 6.07) is 5.88. The molecule has 1 atom stereocenters. The fourth-order valence-corrected chi connectivity index (χ4v) is 2.58. The summed E-state index contributed by atoms with van der Waals surface area (Å²) in [6.07, 6.45) is 0.829. The zero-order valence-corrected chi connectivity index (χ0v) is 11.2. The quantitative estimate of drug-likeness (QED) is 0.537. The summed E-state index contributed by atoms with van der Waals surface area (Å²) in [5, 5.41) is 16.7. The predicted octanol–water partition coefficient (Wildman–Crippen LogP) is 2.28. The highest BCUT2D eigenvalue weighted by Crippen LogP contribution is 2.22. The van der Waals surface area contributed by atoms with Gasteiger partial charge in [0.1, 0.15) is 5.84 Å². The molecule has 0 aliphatic rings. The van der Waals surface area contributed by atoms with Gasteiger partial charge >= 0.3 is 0 Å². The maximum Gasteiger partial charge on any atom is 0.122 e. The van der Waals surface area contributed by atoms with Gasteiger partial charge < -0.3 is 10.8 Å². The molecule has 0 heterocycles. The average Bonchev–Trinajstić information content (AvgIpc) is 2.27. The number of benzene rings is 1. The molecule has 0 saturated carbocycles. The third kappa shape index (κ3) is 4.40. The van der Waals surface area contributed by atoms with Crippen LogP contribution in [0.1, 0.15) is 30.0 Å². The zero-order valence-electron chi connectivity index (χ0n) is 10.4. The highest BCUT2D eigenvalue weighted by Gasteiger charge is 2.05. The Hall–Kier alpha value is -1.000. The second-order valence-corrected chi connectivity index (χ2v) is 5.62. The fraction of sp³-hybridized carbons (Fsp3) is 0.462. The van der Waals surface area contributed by atoms with Gasteiger partial charge in [0.2, 0.25) is 0 Å². The number of nitrogens with two attached hydrogens (primary N) is 1. The minimum Gasteiger partial charge on any atom is -0.396 e. The summed E-state index contributed by atoms with van der Waals surface area (Å²) < 4.78 is 0. The SMILES string of the molecule is Cc1cc(C(=N)N)ccc1CSC(C)CCO. The molecule has 1 aromatic carbocycles. The van der Waals surface area contributed by atoms with Crippen molar-refractivity contribution in [3.8, 4) is 0 Å². The van der Waals surface area contributed by atoms with Crippen LogP contribution in [0.25, 0.3) is 0 Å². The number of aliphatic hydroxyl groups excluding tert-OH is 1. The number of aryl methyl sites for hydroxylation is 1. The van der Waals surface area contributed by atoms with Gasteiger partial charge in [-0.2, -0.15) is 11.8 Å². The van der Waals surface area contributed by atoms with Gasteiger partial charge in [0.15, 0.2) is 0 Å². The molecule has 4 heteroatoms. The van der Waals surface area contributed by atoms with Gasteiger partial charge in [0.25, 0.3) is 0 Å².